The van der Waals surface area contributed by atoms with Gasteiger partial charge in [0.05, 0.1) is 0 Å². The van der Waals surface area contributed by atoms with Gasteiger partial charge in [-0.2, -0.15) is 0 Å². The van der Waals surface area contributed by atoms with Crippen molar-refractivity contribution in [2.75, 3.05) is 0 Å². The second-order valence-electron chi connectivity index (χ2n) is 6.48. The van der Waals surface area contributed by atoms with Crippen LogP contribution < -0.4 is 5.46 Å². The average Bonchev–Trinajstić information content (AvgIpc) is 2.76. The molecule has 3 aromatic rings. The molecule has 0 amide bonds. The highest BCUT2D eigenvalue weighted by atomic mass is 16.4. The van der Waals surface area contributed by atoms with Crippen LogP contribution in [0.5, 0.6) is 0 Å². The van der Waals surface area contributed by atoms with E-state index in [2.05, 4.69) is 50.2 Å². The molecule has 0 unspecified atom stereocenters. The maximum absolute atomic E-state index is 9.75. The molecule has 0 heterocycles. The van der Waals surface area contributed by atoms with Crippen molar-refractivity contribution in [2.45, 2.75) is 19.3 Å². The number of hydrogen-bond donors (Lipinski definition) is 2. The molecule has 0 saturated carbocycles. The van der Waals surface area contributed by atoms with E-state index in [1.54, 1.807) is 6.07 Å². The van der Waals surface area contributed by atoms with Crippen molar-refractivity contribution in [1.82, 2.24) is 0 Å². The zero-order valence-corrected chi connectivity index (χ0v) is 12.7. The monoisotopic (exact) mass is 288 g/mol. The van der Waals surface area contributed by atoms with Crippen LogP contribution in [0.3, 0.4) is 0 Å². The van der Waals surface area contributed by atoms with Gasteiger partial charge in [0.25, 0.3) is 0 Å². The Morgan fingerprint density at radius 3 is 2.41 bits per heavy atom. The number of hydrogen-bond acceptors (Lipinski definition) is 2. The van der Waals surface area contributed by atoms with Gasteiger partial charge in [-0.3, -0.25) is 0 Å². The smallest absolute Gasteiger partial charge is 0.423 e. The van der Waals surface area contributed by atoms with Gasteiger partial charge < -0.3 is 10.0 Å². The quantitative estimate of drug-likeness (QED) is 0.676. The van der Waals surface area contributed by atoms with E-state index in [4.69, 9.17) is 0 Å². The molecule has 0 spiro atoms. The van der Waals surface area contributed by atoms with Crippen LogP contribution in [0, 0.1) is 0 Å². The number of fused-ring (bicyclic) bond motifs is 5. The van der Waals surface area contributed by atoms with Crippen LogP contribution in [0.15, 0.2) is 54.6 Å². The van der Waals surface area contributed by atoms with Crippen molar-refractivity contribution in [3.05, 3.63) is 65.7 Å². The van der Waals surface area contributed by atoms with Crippen molar-refractivity contribution >= 4 is 23.4 Å². The minimum absolute atomic E-state index is 0.156. The molecular weight excluding hydrogens is 271 g/mol. The van der Waals surface area contributed by atoms with Crippen LogP contribution in [0.4, 0.5) is 0 Å². The van der Waals surface area contributed by atoms with Crippen LogP contribution in [0.25, 0.3) is 21.9 Å². The van der Waals surface area contributed by atoms with Crippen molar-refractivity contribution in [3.63, 3.8) is 0 Å². The third-order valence-electron chi connectivity index (χ3n) is 4.87. The first-order chi connectivity index (χ1) is 10.5. The maximum Gasteiger partial charge on any atom is 0.489 e. The number of benzene rings is 3. The van der Waals surface area contributed by atoms with E-state index in [9.17, 15) is 10.0 Å². The molecule has 0 saturated heterocycles. The summed E-state index contributed by atoms with van der Waals surface area (Å²) in [5, 5.41) is 22.0. The Balaban J connectivity index is 2.17. The molecule has 3 aromatic carbocycles. The molecular formula is C19H17BO2. The molecule has 108 valence electrons. The first-order valence-corrected chi connectivity index (χ1v) is 7.54. The van der Waals surface area contributed by atoms with E-state index >= 15 is 0 Å². The van der Waals surface area contributed by atoms with Crippen LogP contribution >= 0.6 is 0 Å². The van der Waals surface area contributed by atoms with Gasteiger partial charge in [-0.25, -0.2) is 0 Å². The molecule has 2 nitrogen and oxygen atoms in total. The Bertz CT molecular complexity index is 897. The molecule has 0 aromatic heterocycles. The summed E-state index contributed by atoms with van der Waals surface area (Å²) in [6, 6.07) is 18.4. The fourth-order valence-electron chi connectivity index (χ4n) is 3.89. The predicted octanol–water partition coefficient (Wildman–Crippen LogP) is 2.83. The topological polar surface area (TPSA) is 40.5 Å². The Morgan fingerprint density at radius 1 is 0.864 bits per heavy atom. The van der Waals surface area contributed by atoms with Gasteiger partial charge in [-0.05, 0) is 38.5 Å². The molecule has 3 heteroatoms. The number of rotatable bonds is 1. The van der Waals surface area contributed by atoms with Crippen LogP contribution in [-0.2, 0) is 5.41 Å². The third-order valence-corrected chi connectivity index (χ3v) is 4.87. The third kappa shape index (κ3) is 1.64. The highest BCUT2D eigenvalue weighted by Gasteiger charge is 2.39. The molecule has 0 fully saturated rings. The van der Waals surface area contributed by atoms with Gasteiger partial charge in [-0.15, -0.1) is 0 Å². The van der Waals surface area contributed by atoms with E-state index in [-0.39, 0.29) is 5.41 Å². The van der Waals surface area contributed by atoms with Crippen LogP contribution in [0.2, 0.25) is 0 Å². The second-order valence-corrected chi connectivity index (χ2v) is 6.48. The summed E-state index contributed by atoms with van der Waals surface area (Å²) in [5.41, 5.74) is 4.94. The first-order valence-electron chi connectivity index (χ1n) is 7.54. The lowest BCUT2D eigenvalue weighted by molar-refractivity contribution is 0.426. The lowest BCUT2D eigenvalue weighted by atomic mass is 9.74. The standard InChI is InChI=1S/C19H17BO2/c1-19(2)15-8-5-9-16(20(21)22)17(15)14-11-10-12-6-3-4-7-13(12)18(14)19/h3-11,21-22H,1-2H3. The largest absolute Gasteiger partial charge is 0.489 e. The molecule has 1 aliphatic rings. The van der Waals surface area contributed by atoms with E-state index in [1.807, 2.05) is 12.1 Å². The van der Waals surface area contributed by atoms with Gasteiger partial charge in [0.2, 0.25) is 0 Å². The van der Waals surface area contributed by atoms with Crippen molar-refractivity contribution in [2.24, 2.45) is 0 Å². The highest BCUT2D eigenvalue weighted by molar-refractivity contribution is 6.60. The summed E-state index contributed by atoms with van der Waals surface area (Å²) in [5.74, 6) is 0. The first kappa shape index (κ1) is 13.6. The van der Waals surface area contributed by atoms with Gasteiger partial charge >= 0.3 is 7.12 Å². The van der Waals surface area contributed by atoms with Crippen LogP contribution in [-0.4, -0.2) is 17.2 Å². The molecule has 0 radical (unpaired) electrons. The van der Waals surface area contributed by atoms with Crippen LogP contribution in [0.1, 0.15) is 25.0 Å². The summed E-state index contributed by atoms with van der Waals surface area (Å²) < 4.78 is 0. The average molecular weight is 288 g/mol. The Hall–Kier alpha value is -2.10. The highest BCUT2D eigenvalue weighted by Crippen LogP contribution is 2.50. The van der Waals surface area contributed by atoms with E-state index in [0.717, 1.165) is 16.7 Å². The zero-order chi connectivity index (χ0) is 15.5. The summed E-state index contributed by atoms with van der Waals surface area (Å²) in [4.78, 5) is 0. The van der Waals surface area contributed by atoms with Gasteiger partial charge in [0.1, 0.15) is 0 Å². The lowest BCUT2D eigenvalue weighted by Gasteiger charge is -2.23. The molecule has 2 N–H and O–H groups in total. The Labute approximate surface area is 130 Å². The fraction of sp³-hybridized carbons (Fsp3) is 0.158. The van der Waals surface area contributed by atoms with Gasteiger partial charge in [-0.1, -0.05) is 68.4 Å². The molecule has 22 heavy (non-hydrogen) atoms. The predicted molar refractivity (Wildman–Crippen MR) is 91.3 cm³/mol. The Morgan fingerprint density at radius 2 is 1.64 bits per heavy atom. The molecule has 1 aliphatic carbocycles. The molecule has 0 bridgehead atoms. The lowest BCUT2D eigenvalue weighted by Crippen LogP contribution is -2.32. The fourth-order valence-corrected chi connectivity index (χ4v) is 3.89. The van der Waals surface area contributed by atoms with Gasteiger partial charge in [0, 0.05) is 5.41 Å². The van der Waals surface area contributed by atoms with Crippen molar-refractivity contribution in [1.29, 1.82) is 0 Å². The minimum atomic E-state index is -1.46. The van der Waals surface area contributed by atoms with E-state index in [0.29, 0.717) is 5.46 Å². The second kappa shape index (κ2) is 4.45. The summed E-state index contributed by atoms with van der Waals surface area (Å²) in [7, 11) is -1.46. The zero-order valence-electron chi connectivity index (χ0n) is 12.7. The Kier molecular flexibility index (Phi) is 2.74. The normalized spacial score (nSPS) is 14.7. The van der Waals surface area contributed by atoms with Gasteiger partial charge in [0.15, 0.2) is 0 Å². The maximum atomic E-state index is 9.75. The molecule has 4 rings (SSSR count). The molecule has 0 aliphatic heterocycles. The minimum Gasteiger partial charge on any atom is -0.423 e. The summed E-state index contributed by atoms with van der Waals surface area (Å²) >= 11 is 0. The van der Waals surface area contributed by atoms with E-state index in [1.165, 1.54) is 16.3 Å². The SMILES string of the molecule is CC1(C)c2cccc(B(O)O)c2-c2ccc3ccccc3c21. The van der Waals surface area contributed by atoms with E-state index < -0.39 is 7.12 Å². The summed E-state index contributed by atoms with van der Waals surface area (Å²) in [6.45, 7) is 4.41. The summed E-state index contributed by atoms with van der Waals surface area (Å²) in [6.07, 6.45) is 0. The van der Waals surface area contributed by atoms with Crippen molar-refractivity contribution in [3.8, 4) is 11.1 Å². The molecule has 0 atom stereocenters. The van der Waals surface area contributed by atoms with Crippen molar-refractivity contribution < 1.29 is 10.0 Å².